The average Bonchev–Trinajstić information content (AvgIpc) is 3.32. The van der Waals surface area contributed by atoms with Gasteiger partial charge in [-0.2, -0.15) is 0 Å². The van der Waals surface area contributed by atoms with E-state index in [2.05, 4.69) is 22.4 Å². The zero-order valence-electron chi connectivity index (χ0n) is 16.3. The number of rotatable bonds is 2. The number of likely N-dealkylation sites (tertiary alicyclic amines) is 1. The van der Waals surface area contributed by atoms with Crippen molar-refractivity contribution in [2.24, 2.45) is 0 Å². The number of nitrogens with zero attached hydrogens (tertiary/aromatic N) is 1. The van der Waals surface area contributed by atoms with Gasteiger partial charge in [-0.3, -0.25) is 4.79 Å². The van der Waals surface area contributed by atoms with Crippen molar-refractivity contribution in [3.05, 3.63) is 51.3 Å². The molecule has 1 saturated heterocycles. The van der Waals surface area contributed by atoms with Crippen molar-refractivity contribution in [3.63, 3.8) is 0 Å². The first-order chi connectivity index (χ1) is 13.6. The highest BCUT2D eigenvalue weighted by Gasteiger charge is 2.42. The third-order valence-corrected chi connectivity index (χ3v) is 7.40. The van der Waals surface area contributed by atoms with Crippen molar-refractivity contribution >= 4 is 28.1 Å². The molecule has 4 heterocycles. The summed E-state index contributed by atoms with van der Waals surface area (Å²) in [6.45, 7) is 4.54. The Morgan fingerprint density at radius 2 is 2.07 bits per heavy atom. The van der Waals surface area contributed by atoms with Crippen LogP contribution in [0, 0.1) is 6.92 Å². The summed E-state index contributed by atoms with van der Waals surface area (Å²) in [5, 5.41) is 7.06. The van der Waals surface area contributed by atoms with Crippen LogP contribution in [-0.2, 0) is 12.0 Å². The molecule has 28 heavy (non-hydrogen) atoms. The van der Waals surface area contributed by atoms with Crippen LogP contribution in [0.25, 0.3) is 10.9 Å². The van der Waals surface area contributed by atoms with E-state index in [-0.39, 0.29) is 11.4 Å². The van der Waals surface area contributed by atoms with E-state index in [4.69, 9.17) is 4.74 Å². The largest absolute Gasteiger partial charge is 0.497 e. The number of carbonyl (C=O) groups is 1. The van der Waals surface area contributed by atoms with Gasteiger partial charge in [0.15, 0.2) is 0 Å². The highest BCUT2D eigenvalue weighted by molar-refractivity contribution is 7.12. The molecule has 3 aromatic rings. The highest BCUT2D eigenvalue weighted by atomic mass is 32.1. The Labute approximate surface area is 168 Å². The summed E-state index contributed by atoms with van der Waals surface area (Å²) in [5.41, 5.74) is 4.89. The number of H-pyrrole nitrogens is 1. The smallest absolute Gasteiger partial charge is 0.264 e. The van der Waals surface area contributed by atoms with Crippen LogP contribution in [-0.4, -0.2) is 42.5 Å². The SMILES string of the molecule is COc1ccc2[nH]c3c(c2c1)CCNC31CCN(C(=O)c2sccc2C)CC1. The molecule has 0 bridgehead atoms. The number of aromatic nitrogens is 1. The van der Waals surface area contributed by atoms with Crippen LogP contribution in [0.1, 0.15) is 39.3 Å². The predicted octanol–water partition coefficient (Wildman–Crippen LogP) is 3.82. The van der Waals surface area contributed by atoms with Gasteiger partial charge in [0.05, 0.1) is 17.5 Å². The van der Waals surface area contributed by atoms with Crippen LogP contribution >= 0.6 is 11.3 Å². The predicted molar refractivity (Wildman–Crippen MR) is 112 cm³/mol. The molecule has 1 spiro atoms. The lowest BCUT2D eigenvalue weighted by Crippen LogP contribution is -2.55. The van der Waals surface area contributed by atoms with Crippen LogP contribution in [0.4, 0.5) is 0 Å². The van der Waals surface area contributed by atoms with Gasteiger partial charge in [0.25, 0.3) is 5.91 Å². The molecule has 0 radical (unpaired) electrons. The second kappa shape index (κ2) is 6.64. The molecule has 6 heteroatoms. The van der Waals surface area contributed by atoms with Gasteiger partial charge in [0.2, 0.25) is 0 Å². The van der Waals surface area contributed by atoms with E-state index in [9.17, 15) is 4.79 Å². The maximum atomic E-state index is 12.9. The van der Waals surface area contributed by atoms with Gasteiger partial charge < -0.3 is 19.9 Å². The standard InChI is InChI=1S/C22H25N3O2S/c1-14-6-12-28-19(14)21(26)25-10-7-22(8-11-25)20-16(5-9-23-22)17-13-15(27-2)3-4-18(17)24-20/h3-4,6,12-13,23-24H,5,7-11H2,1-2H3. The number of aryl methyl sites for hydroxylation is 1. The van der Waals surface area contributed by atoms with Crippen molar-refractivity contribution in [2.75, 3.05) is 26.7 Å². The molecule has 2 aromatic heterocycles. The molecule has 1 fully saturated rings. The molecule has 5 rings (SSSR count). The van der Waals surface area contributed by atoms with Gasteiger partial charge >= 0.3 is 0 Å². The van der Waals surface area contributed by atoms with E-state index in [1.165, 1.54) is 22.2 Å². The first kappa shape index (κ1) is 17.8. The van der Waals surface area contributed by atoms with Crippen LogP contribution in [0.2, 0.25) is 0 Å². The van der Waals surface area contributed by atoms with Crippen LogP contribution in [0.5, 0.6) is 5.75 Å². The summed E-state index contributed by atoms with van der Waals surface area (Å²) >= 11 is 1.55. The maximum Gasteiger partial charge on any atom is 0.264 e. The first-order valence-electron chi connectivity index (χ1n) is 9.89. The lowest BCUT2D eigenvalue weighted by molar-refractivity contribution is 0.0631. The third kappa shape index (κ3) is 2.66. The summed E-state index contributed by atoms with van der Waals surface area (Å²) in [6, 6.07) is 8.28. The number of nitrogens with one attached hydrogen (secondary N) is 2. The van der Waals surface area contributed by atoms with Gasteiger partial charge in [0, 0.05) is 36.2 Å². The molecule has 146 valence electrons. The fourth-order valence-corrected chi connectivity index (χ4v) is 5.68. The lowest BCUT2D eigenvalue weighted by Gasteiger charge is -2.44. The van der Waals surface area contributed by atoms with Crippen molar-refractivity contribution in [1.29, 1.82) is 0 Å². The minimum Gasteiger partial charge on any atom is -0.497 e. The number of methoxy groups -OCH3 is 1. The van der Waals surface area contributed by atoms with E-state index >= 15 is 0 Å². The average molecular weight is 396 g/mol. The van der Waals surface area contributed by atoms with Crippen molar-refractivity contribution in [2.45, 2.75) is 31.7 Å². The van der Waals surface area contributed by atoms with E-state index in [1.807, 2.05) is 29.3 Å². The Balaban J connectivity index is 1.44. The number of fused-ring (bicyclic) bond motifs is 4. The molecule has 0 aliphatic carbocycles. The zero-order valence-corrected chi connectivity index (χ0v) is 17.1. The van der Waals surface area contributed by atoms with Gasteiger partial charge in [-0.15, -0.1) is 11.3 Å². The minimum atomic E-state index is -0.0683. The number of piperidine rings is 1. The highest BCUT2D eigenvalue weighted by Crippen LogP contribution is 2.41. The van der Waals surface area contributed by atoms with Gasteiger partial charge in [-0.25, -0.2) is 0 Å². The topological polar surface area (TPSA) is 57.4 Å². The molecule has 2 aliphatic heterocycles. The number of thiophene rings is 1. The number of benzene rings is 1. The van der Waals surface area contributed by atoms with Gasteiger partial charge in [0.1, 0.15) is 5.75 Å². The van der Waals surface area contributed by atoms with E-state index in [0.29, 0.717) is 0 Å². The van der Waals surface area contributed by atoms with Crippen LogP contribution in [0.15, 0.2) is 29.6 Å². The van der Waals surface area contributed by atoms with Crippen molar-refractivity contribution < 1.29 is 9.53 Å². The fraction of sp³-hybridized carbons (Fsp3) is 0.409. The Bertz CT molecular complexity index is 1040. The molecular formula is C22H25N3O2S. The summed E-state index contributed by atoms with van der Waals surface area (Å²) in [7, 11) is 1.71. The second-order valence-corrected chi connectivity index (χ2v) is 8.79. The maximum absolute atomic E-state index is 12.9. The Kier molecular flexibility index (Phi) is 4.21. The summed E-state index contributed by atoms with van der Waals surface area (Å²) < 4.78 is 5.43. The quantitative estimate of drug-likeness (QED) is 0.693. The Morgan fingerprint density at radius 3 is 2.79 bits per heavy atom. The number of aromatic amines is 1. The van der Waals surface area contributed by atoms with Gasteiger partial charge in [-0.05, 0) is 67.0 Å². The Morgan fingerprint density at radius 1 is 1.25 bits per heavy atom. The fourth-order valence-electron chi connectivity index (χ4n) is 4.79. The molecule has 0 atom stereocenters. The molecule has 0 unspecified atom stereocenters. The zero-order chi connectivity index (χ0) is 19.3. The number of ether oxygens (including phenoxy) is 1. The number of carbonyl (C=O) groups excluding carboxylic acids is 1. The molecule has 5 nitrogen and oxygen atoms in total. The molecule has 1 aromatic carbocycles. The van der Waals surface area contributed by atoms with Crippen molar-refractivity contribution in [3.8, 4) is 5.75 Å². The first-order valence-corrected chi connectivity index (χ1v) is 10.8. The minimum absolute atomic E-state index is 0.0683. The van der Waals surface area contributed by atoms with Crippen LogP contribution in [0.3, 0.4) is 0 Å². The molecular weight excluding hydrogens is 370 g/mol. The van der Waals surface area contributed by atoms with Crippen molar-refractivity contribution in [1.82, 2.24) is 15.2 Å². The second-order valence-electron chi connectivity index (χ2n) is 7.87. The summed E-state index contributed by atoms with van der Waals surface area (Å²) in [4.78, 5) is 19.5. The summed E-state index contributed by atoms with van der Waals surface area (Å²) in [5.74, 6) is 1.08. The van der Waals surface area contributed by atoms with Gasteiger partial charge in [-0.1, -0.05) is 0 Å². The lowest BCUT2D eigenvalue weighted by atomic mass is 9.79. The van der Waals surface area contributed by atoms with E-state index in [0.717, 1.165) is 55.1 Å². The Hall–Kier alpha value is -2.31. The number of hydrogen-bond acceptors (Lipinski definition) is 4. The van der Waals surface area contributed by atoms with Crippen LogP contribution < -0.4 is 10.1 Å². The molecule has 2 N–H and O–H groups in total. The molecule has 2 aliphatic rings. The summed E-state index contributed by atoms with van der Waals surface area (Å²) in [6.07, 6.45) is 2.88. The number of hydrogen-bond donors (Lipinski definition) is 2. The molecule has 1 amide bonds. The third-order valence-electron chi connectivity index (χ3n) is 6.39. The molecule has 0 saturated carbocycles. The van der Waals surface area contributed by atoms with E-state index in [1.54, 1.807) is 18.4 Å². The van der Waals surface area contributed by atoms with E-state index < -0.39 is 0 Å². The normalized spacial score (nSPS) is 18.4. The monoisotopic (exact) mass is 395 g/mol. The number of amides is 1.